The van der Waals surface area contributed by atoms with Gasteiger partial charge in [0.15, 0.2) is 0 Å². The summed E-state index contributed by atoms with van der Waals surface area (Å²) in [7, 11) is 4.20. The van der Waals surface area contributed by atoms with Crippen molar-refractivity contribution in [1.29, 1.82) is 0 Å². The van der Waals surface area contributed by atoms with E-state index in [1.807, 2.05) is 0 Å². The number of rotatable bonds is 4. The Labute approximate surface area is 98.2 Å². The predicted molar refractivity (Wildman–Crippen MR) is 66.7 cm³/mol. The molecule has 0 amide bonds. The number of hydrogen-bond donors (Lipinski definition) is 1. The van der Waals surface area contributed by atoms with E-state index in [1.54, 1.807) is 11.3 Å². The van der Waals surface area contributed by atoms with Crippen LogP contribution in [0.25, 0.3) is 0 Å². The third-order valence-corrected chi connectivity index (χ3v) is 3.93. The molecule has 1 heterocycles. The van der Waals surface area contributed by atoms with Crippen LogP contribution >= 0.6 is 27.3 Å². The molecule has 0 radical (unpaired) electrons. The molecule has 0 aliphatic carbocycles. The van der Waals surface area contributed by atoms with Gasteiger partial charge in [-0.2, -0.15) is 0 Å². The number of nitrogens with zero attached hydrogens (tertiary/aromatic N) is 1. The molecular weight excluding hydrogens is 260 g/mol. The van der Waals surface area contributed by atoms with Crippen LogP contribution in [-0.4, -0.2) is 25.0 Å². The zero-order valence-corrected chi connectivity index (χ0v) is 11.2. The van der Waals surface area contributed by atoms with Crippen LogP contribution < -0.4 is 5.73 Å². The van der Waals surface area contributed by atoms with Crippen LogP contribution in [-0.2, 0) is 0 Å². The fourth-order valence-corrected chi connectivity index (χ4v) is 3.09. The summed E-state index contributed by atoms with van der Waals surface area (Å²) in [5.41, 5.74) is 5.84. The minimum atomic E-state index is 0.239. The highest BCUT2D eigenvalue weighted by Crippen LogP contribution is 2.30. The fourth-order valence-electron chi connectivity index (χ4n) is 1.44. The van der Waals surface area contributed by atoms with Gasteiger partial charge in [0.25, 0.3) is 0 Å². The van der Waals surface area contributed by atoms with Crippen molar-refractivity contribution in [3.63, 3.8) is 0 Å². The Morgan fingerprint density at radius 3 is 2.57 bits per heavy atom. The average Bonchev–Trinajstić information content (AvgIpc) is 2.46. The van der Waals surface area contributed by atoms with E-state index in [2.05, 4.69) is 53.3 Å². The van der Waals surface area contributed by atoms with Gasteiger partial charge in [-0.25, -0.2) is 0 Å². The minimum absolute atomic E-state index is 0.239. The van der Waals surface area contributed by atoms with Gasteiger partial charge in [0.2, 0.25) is 0 Å². The molecule has 0 bridgehead atoms. The number of nitrogens with two attached hydrogens (primary N) is 1. The van der Waals surface area contributed by atoms with E-state index in [0.717, 1.165) is 10.9 Å². The van der Waals surface area contributed by atoms with Crippen molar-refractivity contribution in [2.75, 3.05) is 14.1 Å². The lowest BCUT2D eigenvalue weighted by Crippen LogP contribution is -2.26. The minimum Gasteiger partial charge on any atom is -0.328 e. The van der Waals surface area contributed by atoms with Crippen LogP contribution in [0.4, 0.5) is 0 Å². The van der Waals surface area contributed by atoms with E-state index in [9.17, 15) is 0 Å². The summed E-state index contributed by atoms with van der Waals surface area (Å²) in [5.74, 6) is 0. The second-order valence-corrected chi connectivity index (χ2v) is 5.72. The molecule has 1 aromatic heterocycles. The average molecular weight is 277 g/mol. The molecule has 4 heteroatoms. The molecule has 2 unspecified atom stereocenters. The summed E-state index contributed by atoms with van der Waals surface area (Å²) in [6, 6.07) is 2.85. The van der Waals surface area contributed by atoms with Crippen molar-refractivity contribution in [2.24, 2.45) is 5.73 Å². The van der Waals surface area contributed by atoms with Gasteiger partial charge in [-0.3, -0.25) is 0 Å². The molecule has 0 fully saturated rings. The SMILES string of the molecule is CC(N)CC(c1cc(Br)cs1)N(C)C. The first-order valence-electron chi connectivity index (χ1n) is 4.66. The first-order valence-corrected chi connectivity index (χ1v) is 6.34. The molecule has 2 N–H and O–H groups in total. The van der Waals surface area contributed by atoms with Crippen molar-refractivity contribution < 1.29 is 0 Å². The Morgan fingerprint density at radius 1 is 1.57 bits per heavy atom. The molecule has 0 aliphatic rings. The molecule has 0 saturated heterocycles. The smallest absolute Gasteiger partial charge is 0.0450 e. The van der Waals surface area contributed by atoms with Gasteiger partial charge >= 0.3 is 0 Å². The second-order valence-electron chi connectivity index (χ2n) is 3.86. The number of halogens is 1. The molecule has 1 rings (SSSR count). The molecule has 2 atom stereocenters. The van der Waals surface area contributed by atoms with Crippen LogP contribution in [0.5, 0.6) is 0 Å². The highest BCUT2D eigenvalue weighted by molar-refractivity contribution is 9.10. The van der Waals surface area contributed by atoms with E-state index in [4.69, 9.17) is 5.73 Å². The van der Waals surface area contributed by atoms with E-state index < -0.39 is 0 Å². The van der Waals surface area contributed by atoms with Crippen molar-refractivity contribution in [1.82, 2.24) is 4.90 Å². The maximum absolute atomic E-state index is 5.84. The Balaban J connectivity index is 2.77. The van der Waals surface area contributed by atoms with Crippen molar-refractivity contribution in [3.8, 4) is 0 Å². The maximum Gasteiger partial charge on any atom is 0.0450 e. The van der Waals surface area contributed by atoms with Crippen LogP contribution in [0, 0.1) is 0 Å². The summed E-state index contributed by atoms with van der Waals surface area (Å²) in [6.45, 7) is 2.05. The Kier molecular flexibility index (Phi) is 4.57. The van der Waals surface area contributed by atoms with E-state index in [1.165, 1.54) is 4.88 Å². The molecule has 0 aromatic carbocycles. The Bertz CT molecular complexity index is 283. The summed E-state index contributed by atoms with van der Waals surface area (Å²) in [5, 5.41) is 2.12. The van der Waals surface area contributed by atoms with Gasteiger partial charge in [-0.1, -0.05) is 0 Å². The normalized spacial score (nSPS) is 15.9. The quantitative estimate of drug-likeness (QED) is 0.917. The first kappa shape index (κ1) is 12.2. The van der Waals surface area contributed by atoms with Crippen molar-refractivity contribution >= 4 is 27.3 Å². The second kappa shape index (κ2) is 5.26. The molecular formula is C10H17BrN2S. The molecule has 14 heavy (non-hydrogen) atoms. The van der Waals surface area contributed by atoms with Crippen LogP contribution in [0.15, 0.2) is 15.9 Å². The summed E-state index contributed by atoms with van der Waals surface area (Å²) in [4.78, 5) is 3.60. The third kappa shape index (κ3) is 3.35. The monoisotopic (exact) mass is 276 g/mol. The zero-order valence-electron chi connectivity index (χ0n) is 8.83. The van der Waals surface area contributed by atoms with Gasteiger partial charge in [-0.15, -0.1) is 11.3 Å². The number of thiophene rings is 1. The number of hydrogen-bond acceptors (Lipinski definition) is 3. The van der Waals surface area contributed by atoms with Crippen LogP contribution in [0.1, 0.15) is 24.3 Å². The molecule has 0 spiro atoms. The van der Waals surface area contributed by atoms with Crippen LogP contribution in [0.2, 0.25) is 0 Å². The maximum atomic E-state index is 5.84. The predicted octanol–water partition coefficient (Wildman–Crippen LogP) is 2.85. The van der Waals surface area contributed by atoms with Crippen LogP contribution in [0.3, 0.4) is 0 Å². The van der Waals surface area contributed by atoms with Gasteiger partial charge in [0, 0.05) is 26.8 Å². The molecule has 1 aromatic rings. The summed E-state index contributed by atoms with van der Waals surface area (Å²) < 4.78 is 1.16. The van der Waals surface area contributed by atoms with Crippen molar-refractivity contribution in [2.45, 2.75) is 25.4 Å². The van der Waals surface area contributed by atoms with E-state index in [-0.39, 0.29) is 6.04 Å². The molecule has 80 valence electrons. The fraction of sp³-hybridized carbons (Fsp3) is 0.600. The highest BCUT2D eigenvalue weighted by Gasteiger charge is 2.17. The molecule has 0 saturated carbocycles. The Hall–Kier alpha value is 0.1000. The van der Waals surface area contributed by atoms with Gasteiger partial charge in [0.1, 0.15) is 0 Å². The molecule has 0 aliphatic heterocycles. The molecule has 2 nitrogen and oxygen atoms in total. The third-order valence-electron chi connectivity index (χ3n) is 2.13. The first-order chi connectivity index (χ1) is 6.50. The lowest BCUT2D eigenvalue weighted by molar-refractivity contribution is 0.276. The van der Waals surface area contributed by atoms with E-state index in [0.29, 0.717) is 6.04 Å². The largest absolute Gasteiger partial charge is 0.328 e. The van der Waals surface area contributed by atoms with Crippen molar-refractivity contribution in [3.05, 3.63) is 20.8 Å². The standard InChI is InChI=1S/C10H17BrN2S/c1-7(12)4-9(13(2)3)10-5-8(11)6-14-10/h5-7,9H,4,12H2,1-3H3. The summed E-state index contributed by atoms with van der Waals surface area (Å²) >= 11 is 5.26. The summed E-state index contributed by atoms with van der Waals surface area (Å²) in [6.07, 6.45) is 1.000. The van der Waals surface area contributed by atoms with E-state index >= 15 is 0 Å². The highest BCUT2D eigenvalue weighted by atomic mass is 79.9. The van der Waals surface area contributed by atoms with Gasteiger partial charge in [0.05, 0.1) is 0 Å². The lowest BCUT2D eigenvalue weighted by Gasteiger charge is -2.24. The Morgan fingerprint density at radius 2 is 2.21 bits per heavy atom. The van der Waals surface area contributed by atoms with Gasteiger partial charge < -0.3 is 10.6 Å². The zero-order chi connectivity index (χ0) is 10.7. The topological polar surface area (TPSA) is 29.3 Å². The lowest BCUT2D eigenvalue weighted by atomic mass is 10.1. The van der Waals surface area contributed by atoms with Gasteiger partial charge in [-0.05, 0) is 49.4 Å².